The van der Waals surface area contributed by atoms with Gasteiger partial charge in [0.05, 0.1) is 6.54 Å². The van der Waals surface area contributed by atoms with Gasteiger partial charge in [-0.1, -0.05) is 6.92 Å². The molecule has 2 rings (SSSR count). The van der Waals surface area contributed by atoms with Crippen molar-refractivity contribution in [2.45, 2.75) is 39.2 Å². The Balaban J connectivity index is 1.77. The summed E-state index contributed by atoms with van der Waals surface area (Å²) < 4.78 is 5.53. The Kier molecular flexibility index (Phi) is 4.50. The van der Waals surface area contributed by atoms with Crippen molar-refractivity contribution in [3.05, 3.63) is 11.8 Å². The maximum absolute atomic E-state index is 5.59. The second kappa shape index (κ2) is 6.12. The molecule has 1 aliphatic rings. The molecule has 0 radical (unpaired) electrons. The zero-order chi connectivity index (χ0) is 12.1. The average Bonchev–Trinajstić information content (AvgIpc) is 2.80. The van der Waals surface area contributed by atoms with Gasteiger partial charge in [-0.05, 0) is 44.8 Å². The average molecular weight is 238 g/mol. The quantitative estimate of drug-likeness (QED) is 0.834. The second-order valence-electron chi connectivity index (χ2n) is 4.74. The van der Waals surface area contributed by atoms with Crippen molar-refractivity contribution >= 4 is 0 Å². The molecule has 1 aromatic heterocycles. The molecule has 96 valence electrons. The maximum atomic E-state index is 5.59. The van der Waals surface area contributed by atoms with Crippen LogP contribution in [0, 0.1) is 5.92 Å². The molecule has 2 N–H and O–H groups in total. The van der Waals surface area contributed by atoms with Gasteiger partial charge < -0.3 is 10.2 Å². The van der Waals surface area contributed by atoms with E-state index in [9.17, 15) is 0 Å². The van der Waals surface area contributed by atoms with Crippen molar-refractivity contribution in [3.63, 3.8) is 0 Å². The van der Waals surface area contributed by atoms with E-state index in [1.807, 2.05) is 6.92 Å². The highest BCUT2D eigenvalue weighted by atomic mass is 16.4. The van der Waals surface area contributed by atoms with Crippen molar-refractivity contribution in [3.8, 4) is 0 Å². The normalized spacial score (nSPS) is 18.7. The van der Waals surface area contributed by atoms with E-state index in [0.29, 0.717) is 0 Å². The third-order valence-electron chi connectivity index (χ3n) is 3.45. The van der Waals surface area contributed by atoms with Crippen LogP contribution in [0.15, 0.2) is 4.42 Å². The summed E-state index contributed by atoms with van der Waals surface area (Å²) in [7, 11) is 0. The van der Waals surface area contributed by atoms with Crippen LogP contribution in [0.4, 0.5) is 0 Å². The van der Waals surface area contributed by atoms with Gasteiger partial charge in [-0.25, -0.2) is 0 Å². The molecule has 1 aliphatic heterocycles. The minimum Gasteiger partial charge on any atom is -0.424 e. The van der Waals surface area contributed by atoms with Gasteiger partial charge in [0, 0.05) is 6.42 Å². The first-order valence-electron chi connectivity index (χ1n) is 6.55. The Hall–Kier alpha value is -0.940. The van der Waals surface area contributed by atoms with Gasteiger partial charge in [0.25, 0.3) is 0 Å². The summed E-state index contributed by atoms with van der Waals surface area (Å²) >= 11 is 0. The van der Waals surface area contributed by atoms with E-state index in [1.54, 1.807) is 0 Å². The first-order chi connectivity index (χ1) is 8.31. The van der Waals surface area contributed by atoms with E-state index < -0.39 is 0 Å². The smallest absolute Gasteiger partial charge is 0.230 e. The van der Waals surface area contributed by atoms with Crippen molar-refractivity contribution in [1.82, 2.24) is 15.1 Å². The zero-order valence-corrected chi connectivity index (χ0v) is 10.6. The molecule has 0 saturated carbocycles. The molecule has 5 nitrogen and oxygen atoms in total. The third kappa shape index (κ3) is 3.51. The van der Waals surface area contributed by atoms with Gasteiger partial charge in [-0.15, -0.1) is 10.2 Å². The molecule has 5 heteroatoms. The molecule has 17 heavy (non-hydrogen) atoms. The Morgan fingerprint density at radius 1 is 1.29 bits per heavy atom. The molecule has 1 fully saturated rings. The molecule has 0 aromatic carbocycles. The monoisotopic (exact) mass is 238 g/mol. The van der Waals surface area contributed by atoms with Crippen LogP contribution in [0.5, 0.6) is 0 Å². The van der Waals surface area contributed by atoms with Gasteiger partial charge in [0.15, 0.2) is 0 Å². The minimum absolute atomic E-state index is 0.734. The molecule has 0 amide bonds. The number of nitrogens with zero attached hydrogens (tertiary/aromatic N) is 3. The van der Waals surface area contributed by atoms with Gasteiger partial charge in [0.2, 0.25) is 11.8 Å². The van der Waals surface area contributed by atoms with E-state index in [0.717, 1.165) is 56.7 Å². The van der Waals surface area contributed by atoms with Gasteiger partial charge in [-0.3, -0.25) is 4.90 Å². The van der Waals surface area contributed by atoms with Crippen molar-refractivity contribution in [2.24, 2.45) is 11.7 Å². The van der Waals surface area contributed by atoms with E-state index in [-0.39, 0.29) is 0 Å². The topological polar surface area (TPSA) is 68.2 Å². The van der Waals surface area contributed by atoms with Gasteiger partial charge in [0.1, 0.15) is 0 Å². The summed E-state index contributed by atoms with van der Waals surface area (Å²) in [6.45, 7) is 5.87. The number of likely N-dealkylation sites (tertiary alicyclic amines) is 1. The van der Waals surface area contributed by atoms with Crippen LogP contribution >= 0.6 is 0 Å². The van der Waals surface area contributed by atoms with Crippen LogP contribution in [-0.2, 0) is 13.0 Å². The van der Waals surface area contributed by atoms with Crippen molar-refractivity contribution < 1.29 is 4.42 Å². The molecule has 1 aromatic rings. The molecule has 0 unspecified atom stereocenters. The third-order valence-corrected chi connectivity index (χ3v) is 3.45. The summed E-state index contributed by atoms with van der Waals surface area (Å²) in [6, 6.07) is 0. The van der Waals surface area contributed by atoms with Gasteiger partial charge in [-0.2, -0.15) is 0 Å². The van der Waals surface area contributed by atoms with Crippen molar-refractivity contribution in [1.29, 1.82) is 0 Å². The van der Waals surface area contributed by atoms with Crippen LogP contribution in [0.25, 0.3) is 0 Å². The van der Waals surface area contributed by atoms with Crippen LogP contribution in [0.2, 0.25) is 0 Å². The molecule has 2 heterocycles. The summed E-state index contributed by atoms with van der Waals surface area (Å²) in [6.07, 6.45) is 4.46. The fourth-order valence-electron chi connectivity index (χ4n) is 2.36. The molecule has 0 aliphatic carbocycles. The molecule has 0 bridgehead atoms. The lowest BCUT2D eigenvalue weighted by Gasteiger charge is -2.30. The SMILES string of the molecule is CCc1nnc(CN2CCC(CCN)CC2)o1. The number of piperidine rings is 1. The molecule has 0 atom stereocenters. The number of nitrogens with two attached hydrogens (primary N) is 1. The predicted octanol–water partition coefficient (Wildman–Crippen LogP) is 1.19. The summed E-state index contributed by atoms with van der Waals surface area (Å²) in [5, 5.41) is 8.04. The lowest BCUT2D eigenvalue weighted by atomic mass is 9.94. The van der Waals surface area contributed by atoms with Crippen LogP contribution in [0.3, 0.4) is 0 Å². The van der Waals surface area contributed by atoms with E-state index in [4.69, 9.17) is 10.2 Å². The predicted molar refractivity (Wildman–Crippen MR) is 65.3 cm³/mol. The number of hydrogen-bond donors (Lipinski definition) is 1. The number of hydrogen-bond acceptors (Lipinski definition) is 5. The second-order valence-corrected chi connectivity index (χ2v) is 4.74. The number of rotatable bonds is 5. The highest BCUT2D eigenvalue weighted by molar-refractivity contribution is 4.83. The van der Waals surface area contributed by atoms with E-state index in [2.05, 4.69) is 15.1 Å². The minimum atomic E-state index is 0.734. The van der Waals surface area contributed by atoms with E-state index >= 15 is 0 Å². The summed E-state index contributed by atoms with van der Waals surface area (Å²) in [5.74, 6) is 2.29. The summed E-state index contributed by atoms with van der Waals surface area (Å²) in [5.41, 5.74) is 5.59. The standard InChI is InChI=1S/C12H22N4O/c1-2-11-14-15-12(17-11)9-16-7-4-10(3-6-13)5-8-16/h10H,2-9,13H2,1H3. The number of aryl methyl sites for hydroxylation is 1. The van der Waals surface area contributed by atoms with Crippen LogP contribution in [-0.4, -0.2) is 34.7 Å². The molecule has 1 saturated heterocycles. The van der Waals surface area contributed by atoms with Gasteiger partial charge >= 0.3 is 0 Å². The Labute approximate surface area is 102 Å². The Morgan fingerprint density at radius 3 is 2.59 bits per heavy atom. The largest absolute Gasteiger partial charge is 0.424 e. The first-order valence-corrected chi connectivity index (χ1v) is 6.55. The highest BCUT2D eigenvalue weighted by Gasteiger charge is 2.20. The fraction of sp³-hybridized carbons (Fsp3) is 0.833. The van der Waals surface area contributed by atoms with Crippen LogP contribution in [0.1, 0.15) is 38.0 Å². The molecular weight excluding hydrogens is 216 g/mol. The van der Waals surface area contributed by atoms with Crippen LogP contribution < -0.4 is 5.73 Å². The highest BCUT2D eigenvalue weighted by Crippen LogP contribution is 2.20. The maximum Gasteiger partial charge on any atom is 0.230 e. The summed E-state index contributed by atoms with van der Waals surface area (Å²) in [4.78, 5) is 2.39. The molecule has 0 spiro atoms. The molecular formula is C12H22N4O. The fourth-order valence-corrected chi connectivity index (χ4v) is 2.36. The van der Waals surface area contributed by atoms with E-state index in [1.165, 1.54) is 12.8 Å². The number of aromatic nitrogens is 2. The zero-order valence-electron chi connectivity index (χ0n) is 10.6. The first kappa shape index (κ1) is 12.5. The Bertz CT molecular complexity index is 331. The lowest BCUT2D eigenvalue weighted by Crippen LogP contribution is -2.33. The van der Waals surface area contributed by atoms with Crippen molar-refractivity contribution in [2.75, 3.05) is 19.6 Å². The lowest BCUT2D eigenvalue weighted by molar-refractivity contribution is 0.160. The Morgan fingerprint density at radius 2 is 2.00 bits per heavy atom.